The van der Waals surface area contributed by atoms with Gasteiger partial charge in [0.05, 0.1) is 11.2 Å². The summed E-state index contributed by atoms with van der Waals surface area (Å²) in [7, 11) is 0. The van der Waals surface area contributed by atoms with Crippen LogP contribution in [0.5, 0.6) is 0 Å². The topological polar surface area (TPSA) is 56.7 Å². The lowest BCUT2D eigenvalue weighted by atomic mass is 10.3. The van der Waals surface area contributed by atoms with Crippen molar-refractivity contribution >= 4 is 16.3 Å². The van der Waals surface area contributed by atoms with Crippen LogP contribution in [0.15, 0.2) is 12.4 Å². The van der Waals surface area contributed by atoms with Crippen LogP contribution in [0.25, 0.3) is 11.3 Å². The van der Waals surface area contributed by atoms with Crippen LogP contribution in [-0.4, -0.2) is 14.8 Å². The molecule has 0 aromatic carbocycles. The Morgan fingerprint density at radius 2 is 2.20 bits per heavy atom. The van der Waals surface area contributed by atoms with E-state index in [4.69, 9.17) is 5.73 Å². The minimum Gasteiger partial charge on any atom is -0.389 e. The molecule has 15 heavy (non-hydrogen) atoms. The van der Waals surface area contributed by atoms with Gasteiger partial charge >= 0.3 is 0 Å². The van der Waals surface area contributed by atoms with Crippen molar-refractivity contribution < 1.29 is 0 Å². The lowest BCUT2D eigenvalue weighted by molar-refractivity contribution is 0.532. The average molecular weight is 222 g/mol. The summed E-state index contributed by atoms with van der Waals surface area (Å²) in [6.45, 7) is 6.14. The molecule has 0 saturated heterocycles. The Labute approximate surface area is 92.8 Å². The first kappa shape index (κ1) is 10.2. The van der Waals surface area contributed by atoms with Crippen molar-refractivity contribution in [1.82, 2.24) is 14.8 Å². The van der Waals surface area contributed by atoms with E-state index >= 15 is 0 Å². The van der Waals surface area contributed by atoms with Crippen molar-refractivity contribution in [3.8, 4) is 11.3 Å². The maximum absolute atomic E-state index is 5.88. The lowest BCUT2D eigenvalue weighted by Crippen LogP contribution is -1.99. The van der Waals surface area contributed by atoms with Gasteiger partial charge in [0.1, 0.15) is 10.7 Å². The predicted octanol–water partition coefficient (Wildman–Crippen LogP) is 2.48. The highest BCUT2D eigenvalue weighted by Crippen LogP contribution is 2.30. The SMILES string of the molecule is Cc1nc(-c2cnn(C(C)C)c2)c(N)s1. The van der Waals surface area contributed by atoms with Crippen LogP contribution in [0, 0.1) is 6.92 Å². The number of hydrogen-bond acceptors (Lipinski definition) is 4. The van der Waals surface area contributed by atoms with Gasteiger partial charge in [-0.05, 0) is 20.8 Å². The zero-order chi connectivity index (χ0) is 11.0. The van der Waals surface area contributed by atoms with Crippen LogP contribution in [0.3, 0.4) is 0 Å². The Bertz CT molecular complexity index is 469. The van der Waals surface area contributed by atoms with Crippen molar-refractivity contribution in [1.29, 1.82) is 0 Å². The third-order valence-corrected chi connectivity index (χ3v) is 2.96. The second-order valence-electron chi connectivity index (χ2n) is 3.75. The van der Waals surface area contributed by atoms with Crippen molar-refractivity contribution in [2.24, 2.45) is 0 Å². The van der Waals surface area contributed by atoms with Gasteiger partial charge in [0.15, 0.2) is 0 Å². The number of thiazole rings is 1. The molecule has 2 aromatic rings. The zero-order valence-corrected chi connectivity index (χ0v) is 9.88. The first-order valence-corrected chi connectivity index (χ1v) is 5.67. The fraction of sp³-hybridized carbons (Fsp3) is 0.400. The van der Waals surface area contributed by atoms with Crippen LogP contribution in [0.4, 0.5) is 5.00 Å². The maximum atomic E-state index is 5.88. The van der Waals surface area contributed by atoms with Crippen molar-refractivity contribution in [3.05, 3.63) is 17.4 Å². The van der Waals surface area contributed by atoms with Crippen molar-refractivity contribution in [2.45, 2.75) is 26.8 Å². The molecule has 0 radical (unpaired) electrons. The summed E-state index contributed by atoms with van der Waals surface area (Å²) in [5, 5.41) is 6.01. The Morgan fingerprint density at radius 1 is 1.47 bits per heavy atom. The second kappa shape index (κ2) is 3.66. The number of anilines is 1. The number of rotatable bonds is 2. The minimum absolute atomic E-state index is 0.361. The maximum Gasteiger partial charge on any atom is 0.114 e. The summed E-state index contributed by atoms with van der Waals surface area (Å²) in [6.07, 6.45) is 3.79. The predicted molar refractivity (Wildman–Crippen MR) is 62.9 cm³/mol. The first-order chi connectivity index (χ1) is 7.08. The molecular formula is C10H14N4S. The van der Waals surface area contributed by atoms with Crippen molar-refractivity contribution in [2.75, 3.05) is 5.73 Å². The van der Waals surface area contributed by atoms with E-state index in [1.54, 1.807) is 0 Å². The van der Waals surface area contributed by atoms with E-state index in [2.05, 4.69) is 23.9 Å². The molecule has 0 bridgehead atoms. The van der Waals surface area contributed by atoms with E-state index in [-0.39, 0.29) is 0 Å². The highest BCUT2D eigenvalue weighted by atomic mass is 32.1. The third kappa shape index (κ3) is 1.87. The fourth-order valence-corrected chi connectivity index (χ4v) is 2.11. The summed E-state index contributed by atoms with van der Waals surface area (Å²) < 4.78 is 1.91. The van der Waals surface area contributed by atoms with E-state index in [0.717, 1.165) is 21.3 Å². The molecule has 2 heterocycles. The molecule has 0 aliphatic carbocycles. The molecule has 0 amide bonds. The molecule has 2 aromatic heterocycles. The highest BCUT2D eigenvalue weighted by Gasteiger charge is 2.11. The fourth-order valence-electron chi connectivity index (χ4n) is 1.39. The first-order valence-electron chi connectivity index (χ1n) is 4.85. The Morgan fingerprint density at radius 3 is 2.67 bits per heavy atom. The standard InChI is InChI=1S/C10H14N4S/c1-6(2)14-5-8(4-12-14)9-10(11)15-7(3)13-9/h4-6H,11H2,1-3H3. The largest absolute Gasteiger partial charge is 0.389 e. The third-order valence-electron chi connectivity index (χ3n) is 2.16. The number of aromatic nitrogens is 3. The van der Waals surface area contributed by atoms with Crippen LogP contribution in [-0.2, 0) is 0 Å². The Kier molecular flexibility index (Phi) is 2.48. The lowest BCUT2D eigenvalue weighted by Gasteiger charge is -2.02. The number of nitrogen functional groups attached to an aromatic ring is 1. The number of nitrogens with two attached hydrogens (primary N) is 1. The van der Waals surface area contributed by atoms with Gasteiger partial charge in [0, 0.05) is 17.8 Å². The van der Waals surface area contributed by atoms with Crippen LogP contribution < -0.4 is 5.73 Å². The molecule has 0 atom stereocenters. The van der Waals surface area contributed by atoms with Gasteiger partial charge in [-0.2, -0.15) is 5.10 Å². The highest BCUT2D eigenvalue weighted by molar-refractivity contribution is 7.16. The molecule has 5 heteroatoms. The van der Waals surface area contributed by atoms with Gasteiger partial charge in [0.2, 0.25) is 0 Å². The number of aryl methyl sites for hydroxylation is 1. The Hall–Kier alpha value is -1.36. The molecule has 0 spiro atoms. The van der Waals surface area contributed by atoms with E-state index < -0.39 is 0 Å². The van der Waals surface area contributed by atoms with Gasteiger partial charge in [-0.15, -0.1) is 11.3 Å². The van der Waals surface area contributed by atoms with Gasteiger partial charge in [-0.3, -0.25) is 4.68 Å². The molecular weight excluding hydrogens is 208 g/mol. The summed E-state index contributed by atoms with van der Waals surface area (Å²) in [6, 6.07) is 0.361. The van der Waals surface area contributed by atoms with Crippen molar-refractivity contribution in [3.63, 3.8) is 0 Å². The zero-order valence-electron chi connectivity index (χ0n) is 9.06. The van der Waals surface area contributed by atoms with E-state index in [0.29, 0.717) is 6.04 Å². The van der Waals surface area contributed by atoms with E-state index in [1.807, 2.05) is 24.0 Å². The summed E-state index contributed by atoms with van der Waals surface area (Å²) in [5.74, 6) is 0. The van der Waals surface area contributed by atoms with Gasteiger partial charge in [-0.1, -0.05) is 0 Å². The van der Waals surface area contributed by atoms with Crippen LogP contribution in [0.2, 0.25) is 0 Å². The van der Waals surface area contributed by atoms with Gasteiger partial charge in [-0.25, -0.2) is 4.98 Å². The number of hydrogen-bond donors (Lipinski definition) is 1. The van der Waals surface area contributed by atoms with Gasteiger partial charge < -0.3 is 5.73 Å². The van der Waals surface area contributed by atoms with E-state index in [1.165, 1.54) is 11.3 Å². The monoisotopic (exact) mass is 222 g/mol. The molecule has 0 unspecified atom stereocenters. The molecule has 4 nitrogen and oxygen atoms in total. The summed E-state index contributed by atoms with van der Waals surface area (Å²) in [5.41, 5.74) is 7.72. The molecule has 0 fully saturated rings. The summed E-state index contributed by atoms with van der Waals surface area (Å²) >= 11 is 1.51. The van der Waals surface area contributed by atoms with Crippen LogP contribution >= 0.6 is 11.3 Å². The molecule has 0 aliphatic rings. The Balaban J connectivity index is 2.41. The normalized spacial score (nSPS) is 11.2. The smallest absolute Gasteiger partial charge is 0.114 e. The molecule has 0 saturated carbocycles. The molecule has 2 N–H and O–H groups in total. The second-order valence-corrected chi connectivity index (χ2v) is 4.98. The molecule has 80 valence electrons. The quantitative estimate of drug-likeness (QED) is 0.849. The summed E-state index contributed by atoms with van der Waals surface area (Å²) in [4.78, 5) is 4.39. The average Bonchev–Trinajstić information content (AvgIpc) is 2.71. The number of nitrogens with zero attached hydrogens (tertiary/aromatic N) is 3. The molecule has 0 aliphatic heterocycles. The van der Waals surface area contributed by atoms with Gasteiger partial charge in [0.25, 0.3) is 0 Å². The molecule has 2 rings (SSSR count). The minimum atomic E-state index is 0.361. The van der Waals surface area contributed by atoms with Crippen LogP contribution in [0.1, 0.15) is 24.9 Å². The van der Waals surface area contributed by atoms with E-state index in [9.17, 15) is 0 Å².